The number of halogens is 4. The molecule has 1 heterocycles. The van der Waals surface area contributed by atoms with E-state index in [4.69, 9.17) is 17.3 Å². The number of nitrogens with zero attached hydrogens (tertiary/aromatic N) is 2. The third-order valence-corrected chi connectivity index (χ3v) is 2.64. The molecule has 0 aliphatic heterocycles. The summed E-state index contributed by atoms with van der Waals surface area (Å²) in [5.41, 5.74) is 5.21. The van der Waals surface area contributed by atoms with Crippen molar-refractivity contribution in [3.63, 3.8) is 0 Å². The molecule has 3 nitrogen and oxygen atoms in total. The Labute approximate surface area is 99.6 Å². The molecule has 17 heavy (non-hydrogen) atoms. The van der Waals surface area contributed by atoms with Crippen LogP contribution in [-0.4, -0.2) is 9.78 Å². The summed E-state index contributed by atoms with van der Waals surface area (Å²) in [4.78, 5) is 0. The molecule has 0 bridgehead atoms. The highest BCUT2D eigenvalue weighted by Crippen LogP contribution is 2.30. The Morgan fingerprint density at radius 3 is 2.41 bits per heavy atom. The number of nitrogen functional groups attached to an aromatic ring is 1. The van der Waals surface area contributed by atoms with Crippen molar-refractivity contribution in [2.75, 3.05) is 5.73 Å². The van der Waals surface area contributed by atoms with Gasteiger partial charge in [0.05, 0.1) is 5.69 Å². The van der Waals surface area contributed by atoms with E-state index >= 15 is 0 Å². The van der Waals surface area contributed by atoms with Crippen LogP contribution in [0, 0.1) is 17.5 Å². The molecule has 2 rings (SSSR count). The number of nitrogens with two attached hydrogens (primary N) is 1. The van der Waals surface area contributed by atoms with Crippen molar-refractivity contribution >= 4 is 17.4 Å². The lowest BCUT2D eigenvalue weighted by Crippen LogP contribution is -1.98. The van der Waals surface area contributed by atoms with Gasteiger partial charge in [-0.15, -0.1) is 0 Å². The van der Waals surface area contributed by atoms with E-state index in [-0.39, 0.29) is 17.1 Å². The van der Waals surface area contributed by atoms with Gasteiger partial charge in [0.2, 0.25) is 0 Å². The molecule has 0 aliphatic rings. The molecule has 1 aromatic carbocycles. The fourth-order valence-electron chi connectivity index (χ4n) is 1.37. The van der Waals surface area contributed by atoms with Crippen LogP contribution in [-0.2, 0) is 7.05 Å². The molecular weight excluding hydrogens is 255 g/mol. The van der Waals surface area contributed by atoms with Gasteiger partial charge in [-0.25, -0.2) is 13.2 Å². The molecule has 0 saturated heterocycles. The summed E-state index contributed by atoms with van der Waals surface area (Å²) < 4.78 is 41.3. The maximum atomic E-state index is 13.6. The number of rotatable bonds is 1. The van der Waals surface area contributed by atoms with Crippen molar-refractivity contribution < 1.29 is 13.2 Å². The largest absolute Gasteiger partial charge is 0.384 e. The third kappa shape index (κ3) is 1.84. The van der Waals surface area contributed by atoms with Gasteiger partial charge < -0.3 is 5.73 Å². The van der Waals surface area contributed by atoms with Crippen LogP contribution in [0.15, 0.2) is 12.1 Å². The Morgan fingerprint density at radius 1 is 1.24 bits per heavy atom. The van der Waals surface area contributed by atoms with Gasteiger partial charge in [0.1, 0.15) is 16.7 Å². The molecule has 0 amide bonds. The quantitative estimate of drug-likeness (QED) is 0.634. The first-order valence-corrected chi connectivity index (χ1v) is 4.92. The lowest BCUT2D eigenvalue weighted by Gasteiger charge is -2.03. The van der Waals surface area contributed by atoms with Gasteiger partial charge in [-0.05, 0) is 6.07 Å². The molecule has 0 atom stereocenters. The van der Waals surface area contributed by atoms with Crippen LogP contribution >= 0.6 is 11.6 Å². The lowest BCUT2D eigenvalue weighted by atomic mass is 10.1. The number of benzene rings is 1. The first kappa shape index (κ1) is 11.8. The fraction of sp³-hybridized carbons (Fsp3) is 0.100. The molecule has 0 fully saturated rings. The standard InChI is InChI=1S/C10H7ClF3N3/c1-17-7(15)3-6(16-17)4-2-5(12)8(11)10(14)9(4)13/h2-3H,15H2,1H3. The summed E-state index contributed by atoms with van der Waals surface area (Å²) in [5.74, 6) is -3.50. The van der Waals surface area contributed by atoms with Crippen LogP contribution in [0.4, 0.5) is 19.0 Å². The number of anilines is 1. The summed E-state index contributed by atoms with van der Waals surface area (Å²) in [6.07, 6.45) is 0. The topological polar surface area (TPSA) is 43.8 Å². The average molecular weight is 262 g/mol. The lowest BCUT2D eigenvalue weighted by molar-refractivity contribution is 0.497. The molecule has 0 unspecified atom stereocenters. The van der Waals surface area contributed by atoms with Crippen molar-refractivity contribution in [1.82, 2.24) is 9.78 Å². The maximum Gasteiger partial charge on any atom is 0.181 e. The SMILES string of the molecule is Cn1nc(-c2cc(F)c(Cl)c(F)c2F)cc1N. The van der Waals surface area contributed by atoms with Gasteiger partial charge >= 0.3 is 0 Å². The molecule has 0 aliphatic carbocycles. The van der Waals surface area contributed by atoms with Crippen LogP contribution in [0.3, 0.4) is 0 Å². The minimum absolute atomic E-state index is 0.0389. The van der Waals surface area contributed by atoms with Crippen LogP contribution in [0.25, 0.3) is 11.3 Å². The van der Waals surface area contributed by atoms with Crippen molar-refractivity contribution in [1.29, 1.82) is 0 Å². The summed E-state index contributed by atoms with van der Waals surface area (Å²) in [7, 11) is 1.53. The highest BCUT2D eigenvalue weighted by Gasteiger charge is 2.20. The van der Waals surface area contributed by atoms with Gasteiger partial charge in [0.25, 0.3) is 0 Å². The molecule has 2 N–H and O–H groups in total. The van der Waals surface area contributed by atoms with E-state index in [9.17, 15) is 13.2 Å². The summed E-state index contributed by atoms with van der Waals surface area (Å²) in [6.45, 7) is 0. The van der Waals surface area contributed by atoms with Crippen molar-refractivity contribution in [3.05, 3.63) is 34.6 Å². The van der Waals surface area contributed by atoms with Gasteiger partial charge in [-0.1, -0.05) is 11.6 Å². The van der Waals surface area contributed by atoms with Crippen molar-refractivity contribution in [2.24, 2.45) is 7.05 Å². The van der Waals surface area contributed by atoms with E-state index < -0.39 is 22.5 Å². The minimum atomic E-state index is -1.44. The zero-order valence-electron chi connectivity index (χ0n) is 8.64. The first-order chi connectivity index (χ1) is 7.91. The van der Waals surface area contributed by atoms with Gasteiger partial charge in [-0.3, -0.25) is 4.68 Å². The smallest absolute Gasteiger partial charge is 0.181 e. The second kappa shape index (κ2) is 3.96. The predicted molar refractivity (Wildman–Crippen MR) is 57.9 cm³/mol. The van der Waals surface area contributed by atoms with Crippen molar-refractivity contribution in [2.45, 2.75) is 0 Å². The highest BCUT2D eigenvalue weighted by molar-refractivity contribution is 6.31. The highest BCUT2D eigenvalue weighted by atomic mass is 35.5. The molecule has 90 valence electrons. The first-order valence-electron chi connectivity index (χ1n) is 4.54. The summed E-state index contributed by atoms with van der Waals surface area (Å²) in [5, 5.41) is 2.95. The number of hydrogen-bond donors (Lipinski definition) is 1. The van der Waals surface area contributed by atoms with E-state index in [1.165, 1.54) is 17.8 Å². The van der Waals surface area contributed by atoms with Crippen molar-refractivity contribution in [3.8, 4) is 11.3 Å². The van der Waals surface area contributed by atoms with E-state index in [1.807, 2.05) is 0 Å². The third-order valence-electron chi connectivity index (χ3n) is 2.29. The van der Waals surface area contributed by atoms with E-state index in [0.29, 0.717) is 0 Å². The van der Waals surface area contributed by atoms with Gasteiger partial charge in [-0.2, -0.15) is 5.10 Å². The van der Waals surface area contributed by atoms with Crippen LogP contribution in [0.1, 0.15) is 0 Å². The Bertz CT molecular complexity index is 575. The summed E-state index contributed by atoms with van der Waals surface area (Å²) in [6, 6.07) is 2.09. The second-order valence-corrected chi connectivity index (χ2v) is 3.80. The van der Waals surface area contributed by atoms with Gasteiger partial charge in [0, 0.05) is 18.7 Å². The van der Waals surface area contributed by atoms with E-state index in [2.05, 4.69) is 5.10 Å². The van der Waals surface area contributed by atoms with Crippen LogP contribution < -0.4 is 5.73 Å². The number of hydrogen-bond acceptors (Lipinski definition) is 2. The van der Waals surface area contributed by atoms with E-state index in [0.717, 1.165) is 6.07 Å². The molecule has 7 heteroatoms. The molecule has 1 aromatic heterocycles. The Kier molecular flexibility index (Phi) is 2.74. The zero-order chi connectivity index (χ0) is 12.7. The second-order valence-electron chi connectivity index (χ2n) is 3.43. The molecule has 0 spiro atoms. The number of aryl methyl sites for hydroxylation is 1. The molecule has 0 saturated carbocycles. The van der Waals surface area contributed by atoms with Gasteiger partial charge in [0.15, 0.2) is 11.6 Å². The monoisotopic (exact) mass is 261 g/mol. The van der Waals surface area contributed by atoms with Crippen LogP contribution in [0.2, 0.25) is 5.02 Å². The number of aromatic nitrogens is 2. The van der Waals surface area contributed by atoms with Crippen LogP contribution in [0.5, 0.6) is 0 Å². The average Bonchev–Trinajstić information content (AvgIpc) is 2.61. The zero-order valence-corrected chi connectivity index (χ0v) is 9.39. The van der Waals surface area contributed by atoms with E-state index in [1.54, 1.807) is 0 Å². The summed E-state index contributed by atoms with van der Waals surface area (Å²) >= 11 is 5.24. The molecular formula is C10H7ClF3N3. The maximum absolute atomic E-state index is 13.6. The Morgan fingerprint density at radius 2 is 1.88 bits per heavy atom. The normalized spacial score (nSPS) is 10.9. The Hall–Kier alpha value is -1.69. The Balaban J connectivity index is 2.68. The minimum Gasteiger partial charge on any atom is -0.384 e. The molecule has 2 aromatic rings. The molecule has 0 radical (unpaired) electrons. The fourth-order valence-corrected chi connectivity index (χ4v) is 1.51. The predicted octanol–water partition coefficient (Wildman–Crippen LogP) is 2.74.